The Balaban J connectivity index is 3.27. The Morgan fingerprint density at radius 1 is 0.682 bits per heavy atom. The van der Waals surface area contributed by atoms with E-state index < -0.39 is 0 Å². The number of carbonyl (C=O) groups is 1. The van der Waals surface area contributed by atoms with E-state index in [-0.39, 0.29) is 0 Å². The quantitative estimate of drug-likeness (QED) is 0.236. The van der Waals surface area contributed by atoms with Gasteiger partial charge in [0.25, 0.3) is 0 Å². The van der Waals surface area contributed by atoms with Crippen LogP contribution in [0.25, 0.3) is 0 Å². The third kappa shape index (κ3) is 18.9. The molecule has 0 aliphatic carbocycles. The number of carbonyl (C=O) groups excluding carboxylic acids is 1. The molecule has 0 aromatic carbocycles. The number of hydrogen-bond donors (Lipinski definition) is 0. The second kappa shape index (κ2) is 17.9. The van der Waals surface area contributed by atoms with Gasteiger partial charge in [0.15, 0.2) is 0 Å². The van der Waals surface area contributed by atoms with Gasteiger partial charge in [0.2, 0.25) is 0 Å². The normalized spacial score (nSPS) is 12.1. The smallest absolute Gasteiger partial charge is 0.129 e. The first kappa shape index (κ1) is 20.9. The maximum Gasteiger partial charge on any atom is 0.129 e. The van der Waals surface area contributed by atoms with Gasteiger partial charge in [-0.05, 0) is 64.7 Å². The lowest BCUT2D eigenvalue weighted by molar-refractivity contribution is -0.117. The van der Waals surface area contributed by atoms with Gasteiger partial charge in [-0.3, -0.25) is 0 Å². The summed E-state index contributed by atoms with van der Waals surface area (Å²) in [5.74, 6) is 0.295. The molecule has 0 amide bonds. The van der Waals surface area contributed by atoms with E-state index in [1.165, 1.54) is 51.4 Å². The highest BCUT2D eigenvalue weighted by Crippen LogP contribution is 2.05. The van der Waals surface area contributed by atoms with Gasteiger partial charge in [-0.25, -0.2) is 0 Å². The maximum atomic E-state index is 10.8. The molecule has 0 rings (SSSR count). The number of hydrogen-bond acceptors (Lipinski definition) is 1. The molecule has 1 nitrogen and oxygen atoms in total. The van der Waals surface area contributed by atoms with Crippen molar-refractivity contribution in [3.8, 4) is 0 Å². The van der Waals surface area contributed by atoms with Crippen LogP contribution in [-0.2, 0) is 4.79 Å². The van der Waals surface area contributed by atoms with E-state index in [0.29, 0.717) is 12.2 Å². The minimum absolute atomic E-state index is 0.295. The molecule has 0 aromatic rings. The summed E-state index contributed by atoms with van der Waals surface area (Å²) in [5, 5.41) is 0. The zero-order valence-corrected chi connectivity index (χ0v) is 14.9. The van der Waals surface area contributed by atoms with E-state index in [9.17, 15) is 4.79 Å². The monoisotopic (exact) mass is 304 g/mol. The lowest BCUT2D eigenvalue weighted by Gasteiger charge is -1.94. The highest BCUT2D eigenvalue weighted by Gasteiger charge is 1.89. The van der Waals surface area contributed by atoms with Gasteiger partial charge in [-0.2, -0.15) is 0 Å². The first-order valence-electron chi connectivity index (χ1n) is 9.21. The van der Waals surface area contributed by atoms with Crippen LogP contribution in [0.5, 0.6) is 0 Å². The Morgan fingerprint density at radius 2 is 1.14 bits per heavy atom. The fourth-order valence-corrected chi connectivity index (χ4v) is 2.25. The van der Waals surface area contributed by atoms with E-state index in [4.69, 9.17) is 0 Å². The molecule has 22 heavy (non-hydrogen) atoms. The van der Waals surface area contributed by atoms with Crippen molar-refractivity contribution in [3.63, 3.8) is 0 Å². The Labute approximate surface area is 138 Å². The van der Waals surface area contributed by atoms with Gasteiger partial charge in [0.1, 0.15) is 5.78 Å². The van der Waals surface area contributed by atoms with Gasteiger partial charge < -0.3 is 4.79 Å². The zero-order chi connectivity index (χ0) is 16.3. The van der Waals surface area contributed by atoms with Crippen molar-refractivity contribution < 1.29 is 4.79 Å². The molecule has 0 unspecified atom stereocenters. The molecule has 0 bridgehead atoms. The SMILES string of the molecule is CCCCC/C=C\CCCC/C=C\C/C=C\CCCC(C)=O. The average molecular weight is 305 g/mol. The maximum absolute atomic E-state index is 10.8. The predicted molar refractivity (Wildman–Crippen MR) is 99.2 cm³/mol. The minimum Gasteiger partial charge on any atom is -0.300 e. The summed E-state index contributed by atoms with van der Waals surface area (Å²) < 4.78 is 0. The van der Waals surface area contributed by atoms with E-state index >= 15 is 0 Å². The minimum atomic E-state index is 0.295. The molecule has 0 spiro atoms. The van der Waals surface area contributed by atoms with Crippen molar-refractivity contribution in [1.82, 2.24) is 0 Å². The molecule has 1 heteroatoms. The molecule has 0 N–H and O–H groups in total. The van der Waals surface area contributed by atoms with Crippen molar-refractivity contribution >= 4 is 5.78 Å². The zero-order valence-electron chi connectivity index (χ0n) is 14.9. The number of unbranched alkanes of at least 4 members (excludes halogenated alkanes) is 7. The summed E-state index contributed by atoms with van der Waals surface area (Å²) in [6.45, 7) is 3.91. The summed E-state index contributed by atoms with van der Waals surface area (Å²) in [6.07, 6.45) is 27.7. The molecular formula is C21H36O. The first-order valence-corrected chi connectivity index (χ1v) is 9.21. The molecule has 0 aliphatic heterocycles. The molecule has 0 aromatic heterocycles. The van der Waals surface area contributed by atoms with Gasteiger partial charge in [0, 0.05) is 6.42 Å². The van der Waals surface area contributed by atoms with Crippen LogP contribution in [0.15, 0.2) is 36.5 Å². The van der Waals surface area contributed by atoms with E-state index in [2.05, 4.69) is 43.4 Å². The summed E-state index contributed by atoms with van der Waals surface area (Å²) in [4.78, 5) is 10.8. The van der Waals surface area contributed by atoms with Crippen LogP contribution in [-0.4, -0.2) is 5.78 Å². The summed E-state index contributed by atoms with van der Waals surface area (Å²) in [5.41, 5.74) is 0. The fraction of sp³-hybridized carbons (Fsp3) is 0.667. The number of rotatable bonds is 15. The highest BCUT2D eigenvalue weighted by molar-refractivity contribution is 5.75. The van der Waals surface area contributed by atoms with Crippen LogP contribution in [0.2, 0.25) is 0 Å². The molecule has 0 aliphatic rings. The van der Waals surface area contributed by atoms with Gasteiger partial charge in [-0.1, -0.05) is 56.2 Å². The number of ketones is 1. The Hall–Kier alpha value is -1.11. The summed E-state index contributed by atoms with van der Waals surface area (Å²) >= 11 is 0. The van der Waals surface area contributed by atoms with Gasteiger partial charge in [0.05, 0.1) is 0 Å². The Kier molecular flexibility index (Phi) is 17.0. The van der Waals surface area contributed by atoms with Crippen molar-refractivity contribution in [1.29, 1.82) is 0 Å². The van der Waals surface area contributed by atoms with Crippen LogP contribution in [0.4, 0.5) is 0 Å². The average Bonchev–Trinajstić information content (AvgIpc) is 2.50. The van der Waals surface area contributed by atoms with Crippen molar-refractivity contribution in [3.05, 3.63) is 36.5 Å². The summed E-state index contributed by atoms with van der Waals surface area (Å²) in [7, 11) is 0. The molecule has 0 heterocycles. The number of Topliss-reactive ketones (excluding diaryl/α,β-unsaturated/α-hetero) is 1. The fourth-order valence-electron chi connectivity index (χ4n) is 2.25. The highest BCUT2D eigenvalue weighted by atomic mass is 16.1. The molecule has 0 fully saturated rings. The van der Waals surface area contributed by atoms with Crippen LogP contribution >= 0.6 is 0 Å². The van der Waals surface area contributed by atoms with E-state index in [1.807, 2.05) is 0 Å². The lowest BCUT2D eigenvalue weighted by Crippen LogP contribution is -1.87. The van der Waals surface area contributed by atoms with Crippen LogP contribution in [0, 0.1) is 0 Å². The van der Waals surface area contributed by atoms with E-state index in [0.717, 1.165) is 19.3 Å². The molecule has 0 saturated carbocycles. The van der Waals surface area contributed by atoms with Crippen molar-refractivity contribution in [2.75, 3.05) is 0 Å². The predicted octanol–water partition coefficient (Wildman–Crippen LogP) is 6.95. The molecular weight excluding hydrogens is 268 g/mol. The van der Waals surface area contributed by atoms with Crippen LogP contribution in [0.3, 0.4) is 0 Å². The van der Waals surface area contributed by atoms with Crippen LogP contribution in [0.1, 0.15) is 90.9 Å². The number of allylic oxidation sites excluding steroid dienone is 6. The second-order valence-electron chi connectivity index (χ2n) is 6.02. The van der Waals surface area contributed by atoms with E-state index in [1.54, 1.807) is 6.92 Å². The second-order valence-corrected chi connectivity index (χ2v) is 6.02. The standard InChI is InChI=1S/C21H36O/c1-3-4-5-6-7-8-9-10-11-12-13-14-15-16-17-18-19-20-21(2)22/h7-8,13-14,16-17H,3-6,9-12,15,18-20H2,1-2H3/b8-7-,14-13-,17-16-. The first-order chi connectivity index (χ1) is 10.8. The lowest BCUT2D eigenvalue weighted by atomic mass is 10.1. The van der Waals surface area contributed by atoms with Crippen molar-refractivity contribution in [2.24, 2.45) is 0 Å². The summed E-state index contributed by atoms with van der Waals surface area (Å²) in [6, 6.07) is 0. The largest absolute Gasteiger partial charge is 0.300 e. The van der Waals surface area contributed by atoms with Gasteiger partial charge >= 0.3 is 0 Å². The van der Waals surface area contributed by atoms with Crippen molar-refractivity contribution in [2.45, 2.75) is 90.9 Å². The Morgan fingerprint density at radius 3 is 1.64 bits per heavy atom. The topological polar surface area (TPSA) is 17.1 Å². The van der Waals surface area contributed by atoms with Crippen LogP contribution < -0.4 is 0 Å². The third-order valence-electron chi connectivity index (χ3n) is 3.64. The van der Waals surface area contributed by atoms with Gasteiger partial charge in [-0.15, -0.1) is 0 Å². The molecule has 0 radical (unpaired) electrons. The Bertz CT molecular complexity index is 323. The molecule has 0 saturated heterocycles. The molecule has 0 atom stereocenters. The third-order valence-corrected chi connectivity index (χ3v) is 3.64. The molecule has 126 valence electrons.